The maximum Gasteiger partial charge on any atom is 0.291 e. The summed E-state index contributed by atoms with van der Waals surface area (Å²) in [7, 11) is 0. The van der Waals surface area contributed by atoms with Crippen LogP contribution in [0.4, 0.5) is 5.69 Å². The van der Waals surface area contributed by atoms with Gasteiger partial charge in [-0.25, -0.2) is 4.98 Å². The standard InChI is InChI=1S/C23H32N4O2/c1-15(2)12-13-24-22(28)20-19-11-7-8-14-27(19)21(26-20)23(29)25-18-10-6-5-9-17(18)16(3)4/h5-6,9-10,15-16H,7-8,11-14H2,1-4H3,(H,24,28)(H,25,29). The number of fused-ring (bicyclic) bond motifs is 1. The highest BCUT2D eigenvalue weighted by Crippen LogP contribution is 2.26. The topological polar surface area (TPSA) is 76.0 Å². The SMILES string of the molecule is CC(C)CCNC(=O)c1nc(C(=O)Nc2ccccc2C(C)C)n2c1CCCC2. The van der Waals surface area contributed by atoms with Crippen molar-refractivity contribution >= 4 is 17.5 Å². The van der Waals surface area contributed by atoms with Crippen molar-refractivity contribution in [1.82, 2.24) is 14.9 Å². The van der Waals surface area contributed by atoms with Crippen LogP contribution in [0.25, 0.3) is 0 Å². The van der Waals surface area contributed by atoms with E-state index in [1.54, 1.807) is 0 Å². The Morgan fingerprint density at radius 1 is 1.10 bits per heavy atom. The lowest BCUT2D eigenvalue weighted by Crippen LogP contribution is -2.27. The molecule has 0 bridgehead atoms. The first-order chi connectivity index (χ1) is 13.9. The van der Waals surface area contributed by atoms with Crippen LogP contribution in [0.2, 0.25) is 0 Å². The van der Waals surface area contributed by atoms with E-state index in [0.29, 0.717) is 29.9 Å². The number of imidazole rings is 1. The Bertz CT molecular complexity index is 883. The Morgan fingerprint density at radius 3 is 2.59 bits per heavy atom. The van der Waals surface area contributed by atoms with Crippen LogP contribution < -0.4 is 10.6 Å². The molecule has 1 aliphatic heterocycles. The number of amides is 2. The highest BCUT2D eigenvalue weighted by Gasteiger charge is 2.27. The highest BCUT2D eigenvalue weighted by molar-refractivity contribution is 6.04. The van der Waals surface area contributed by atoms with E-state index >= 15 is 0 Å². The van der Waals surface area contributed by atoms with Crippen LogP contribution in [0, 0.1) is 5.92 Å². The predicted octanol–water partition coefficient (Wildman–Crippen LogP) is 4.37. The molecule has 0 radical (unpaired) electrons. The zero-order valence-corrected chi connectivity index (χ0v) is 17.9. The van der Waals surface area contributed by atoms with Gasteiger partial charge in [-0.3, -0.25) is 9.59 Å². The lowest BCUT2D eigenvalue weighted by Gasteiger charge is -2.18. The summed E-state index contributed by atoms with van der Waals surface area (Å²) in [6.45, 7) is 9.79. The summed E-state index contributed by atoms with van der Waals surface area (Å²) in [5.41, 5.74) is 3.15. The van der Waals surface area contributed by atoms with Crippen LogP contribution >= 0.6 is 0 Å². The number of rotatable bonds is 7. The van der Waals surface area contributed by atoms with Crippen LogP contribution in [0.1, 0.15) is 85.2 Å². The van der Waals surface area contributed by atoms with Crippen molar-refractivity contribution in [3.63, 3.8) is 0 Å². The molecule has 3 rings (SSSR count). The fraction of sp³-hybridized carbons (Fsp3) is 0.522. The molecule has 0 fully saturated rings. The van der Waals surface area contributed by atoms with Gasteiger partial charge in [0.2, 0.25) is 0 Å². The first-order valence-corrected chi connectivity index (χ1v) is 10.7. The molecule has 0 aliphatic carbocycles. The van der Waals surface area contributed by atoms with Gasteiger partial charge in [0.1, 0.15) is 5.69 Å². The summed E-state index contributed by atoms with van der Waals surface area (Å²) in [5.74, 6) is 0.698. The third kappa shape index (κ3) is 4.86. The van der Waals surface area contributed by atoms with E-state index in [1.165, 1.54) is 0 Å². The summed E-state index contributed by atoms with van der Waals surface area (Å²) in [6.07, 6.45) is 3.69. The summed E-state index contributed by atoms with van der Waals surface area (Å²) in [4.78, 5) is 30.3. The lowest BCUT2D eigenvalue weighted by molar-refractivity contribution is 0.0946. The lowest BCUT2D eigenvalue weighted by atomic mass is 10.0. The monoisotopic (exact) mass is 396 g/mol. The van der Waals surface area contributed by atoms with Crippen molar-refractivity contribution in [2.24, 2.45) is 5.92 Å². The fourth-order valence-electron chi connectivity index (χ4n) is 3.75. The molecule has 6 nitrogen and oxygen atoms in total. The summed E-state index contributed by atoms with van der Waals surface area (Å²) in [5, 5.41) is 5.97. The molecule has 0 atom stereocenters. The number of hydrogen-bond acceptors (Lipinski definition) is 3. The van der Waals surface area contributed by atoms with E-state index in [4.69, 9.17) is 0 Å². The van der Waals surface area contributed by atoms with Crippen molar-refractivity contribution < 1.29 is 9.59 Å². The molecule has 0 unspecified atom stereocenters. The van der Waals surface area contributed by atoms with Crippen molar-refractivity contribution in [3.05, 3.63) is 47.0 Å². The number of nitrogens with zero attached hydrogens (tertiary/aromatic N) is 2. The predicted molar refractivity (Wildman–Crippen MR) is 115 cm³/mol. The summed E-state index contributed by atoms with van der Waals surface area (Å²) < 4.78 is 1.92. The average molecular weight is 397 g/mol. The molecule has 0 spiro atoms. The molecule has 156 valence electrons. The van der Waals surface area contributed by atoms with Gasteiger partial charge in [-0.2, -0.15) is 0 Å². The number of nitrogens with one attached hydrogen (secondary N) is 2. The van der Waals surface area contributed by atoms with Crippen LogP contribution in [0.5, 0.6) is 0 Å². The van der Waals surface area contributed by atoms with Crippen molar-refractivity contribution in [1.29, 1.82) is 0 Å². The maximum absolute atomic E-state index is 13.1. The number of hydrogen-bond donors (Lipinski definition) is 2. The molecular weight excluding hydrogens is 364 g/mol. The molecule has 0 saturated heterocycles. The minimum atomic E-state index is -0.262. The molecule has 1 aliphatic rings. The third-order valence-electron chi connectivity index (χ3n) is 5.37. The van der Waals surface area contributed by atoms with Crippen LogP contribution in [-0.2, 0) is 13.0 Å². The Kier molecular flexibility index (Phi) is 6.72. The second-order valence-corrected chi connectivity index (χ2v) is 8.47. The van der Waals surface area contributed by atoms with Gasteiger partial charge in [-0.15, -0.1) is 0 Å². The zero-order chi connectivity index (χ0) is 21.0. The van der Waals surface area contributed by atoms with Gasteiger partial charge < -0.3 is 15.2 Å². The summed E-state index contributed by atoms with van der Waals surface area (Å²) >= 11 is 0. The molecule has 29 heavy (non-hydrogen) atoms. The van der Waals surface area contributed by atoms with Gasteiger partial charge in [-0.1, -0.05) is 45.9 Å². The molecular formula is C23H32N4O2. The fourth-order valence-corrected chi connectivity index (χ4v) is 3.75. The Hall–Kier alpha value is -2.63. The van der Waals surface area contributed by atoms with E-state index in [-0.39, 0.29) is 11.8 Å². The quantitative estimate of drug-likeness (QED) is 0.730. The van der Waals surface area contributed by atoms with Gasteiger partial charge in [0.15, 0.2) is 5.82 Å². The van der Waals surface area contributed by atoms with E-state index in [9.17, 15) is 9.59 Å². The summed E-state index contributed by atoms with van der Waals surface area (Å²) in [6, 6.07) is 7.82. The first kappa shape index (κ1) is 21.1. The number of carbonyl (C=O) groups excluding carboxylic acids is 2. The average Bonchev–Trinajstić information content (AvgIpc) is 3.08. The van der Waals surface area contributed by atoms with E-state index in [2.05, 4.69) is 43.3 Å². The third-order valence-corrected chi connectivity index (χ3v) is 5.37. The number of carbonyl (C=O) groups is 2. The second-order valence-electron chi connectivity index (χ2n) is 8.47. The van der Waals surface area contributed by atoms with E-state index in [0.717, 1.165) is 49.2 Å². The molecule has 2 heterocycles. The minimum Gasteiger partial charge on any atom is -0.351 e. The normalized spacial score (nSPS) is 13.4. The van der Waals surface area contributed by atoms with Crippen molar-refractivity contribution in [3.8, 4) is 0 Å². The first-order valence-electron chi connectivity index (χ1n) is 10.7. The zero-order valence-electron chi connectivity index (χ0n) is 17.9. The number of benzene rings is 1. The van der Waals surface area contributed by atoms with E-state index < -0.39 is 0 Å². The molecule has 2 amide bonds. The van der Waals surface area contributed by atoms with Crippen molar-refractivity contribution in [2.75, 3.05) is 11.9 Å². The van der Waals surface area contributed by atoms with E-state index in [1.807, 2.05) is 28.8 Å². The Balaban J connectivity index is 1.85. The van der Waals surface area contributed by atoms with Crippen LogP contribution in [0.3, 0.4) is 0 Å². The van der Waals surface area contributed by atoms with Crippen LogP contribution in [-0.4, -0.2) is 27.9 Å². The van der Waals surface area contributed by atoms with Gasteiger partial charge in [0.25, 0.3) is 11.8 Å². The number of anilines is 1. The maximum atomic E-state index is 13.1. The Morgan fingerprint density at radius 2 is 1.86 bits per heavy atom. The van der Waals surface area contributed by atoms with Crippen LogP contribution in [0.15, 0.2) is 24.3 Å². The smallest absolute Gasteiger partial charge is 0.291 e. The Labute approximate surface area is 173 Å². The molecule has 0 saturated carbocycles. The molecule has 6 heteroatoms. The highest BCUT2D eigenvalue weighted by atomic mass is 16.2. The van der Waals surface area contributed by atoms with Gasteiger partial charge in [-0.05, 0) is 49.1 Å². The molecule has 2 aromatic rings. The largest absolute Gasteiger partial charge is 0.351 e. The second kappa shape index (κ2) is 9.25. The van der Waals surface area contributed by atoms with Crippen molar-refractivity contribution in [2.45, 2.75) is 65.8 Å². The van der Waals surface area contributed by atoms with Gasteiger partial charge in [0.05, 0.1) is 5.69 Å². The van der Waals surface area contributed by atoms with Gasteiger partial charge in [0, 0.05) is 18.8 Å². The number of para-hydroxylation sites is 1. The molecule has 2 N–H and O–H groups in total. The molecule has 1 aromatic carbocycles. The number of aromatic nitrogens is 2. The minimum absolute atomic E-state index is 0.182. The molecule has 1 aromatic heterocycles. The van der Waals surface area contributed by atoms with Gasteiger partial charge >= 0.3 is 0 Å².